The molecular formula is C15H17ClN2OS. The molecule has 0 spiro atoms. The monoisotopic (exact) mass is 308 g/mol. The summed E-state index contributed by atoms with van der Waals surface area (Å²) in [4.78, 5) is 1.12. The number of hydrazine groups is 1. The first-order valence-corrected chi connectivity index (χ1v) is 7.88. The topological polar surface area (TPSA) is 38.5 Å². The SMILES string of the molecule is CN(N)c1cccc(C2CC2)c1OCc1cc(Cl)cs1. The van der Waals surface area contributed by atoms with Gasteiger partial charge in [0.15, 0.2) is 0 Å². The minimum atomic E-state index is 0.530. The minimum absolute atomic E-state index is 0.530. The van der Waals surface area contributed by atoms with Crippen LogP contribution in [0.2, 0.25) is 5.02 Å². The van der Waals surface area contributed by atoms with E-state index in [1.54, 1.807) is 16.3 Å². The van der Waals surface area contributed by atoms with Crippen molar-refractivity contribution in [2.24, 2.45) is 5.84 Å². The third-order valence-corrected chi connectivity index (χ3v) is 4.66. The maximum Gasteiger partial charge on any atom is 0.147 e. The molecule has 1 aromatic heterocycles. The molecule has 1 aliphatic rings. The number of hydrogen-bond donors (Lipinski definition) is 1. The molecule has 5 heteroatoms. The van der Waals surface area contributed by atoms with Gasteiger partial charge in [-0.1, -0.05) is 23.7 Å². The average Bonchev–Trinajstić information content (AvgIpc) is 3.19. The molecule has 2 N–H and O–H groups in total. The van der Waals surface area contributed by atoms with Crippen LogP contribution in [0, 0.1) is 0 Å². The summed E-state index contributed by atoms with van der Waals surface area (Å²) in [5.74, 6) is 7.44. The van der Waals surface area contributed by atoms with Gasteiger partial charge in [-0.2, -0.15) is 0 Å². The van der Waals surface area contributed by atoms with Gasteiger partial charge in [0.2, 0.25) is 0 Å². The Kier molecular flexibility index (Phi) is 3.87. The van der Waals surface area contributed by atoms with E-state index in [2.05, 4.69) is 6.07 Å². The molecule has 2 aromatic rings. The molecule has 1 aliphatic carbocycles. The highest BCUT2D eigenvalue weighted by molar-refractivity contribution is 7.10. The summed E-state index contributed by atoms with van der Waals surface area (Å²) in [5, 5.41) is 4.30. The van der Waals surface area contributed by atoms with E-state index in [-0.39, 0.29) is 0 Å². The summed E-state index contributed by atoms with van der Waals surface area (Å²) in [7, 11) is 1.83. The van der Waals surface area contributed by atoms with E-state index in [1.165, 1.54) is 18.4 Å². The lowest BCUT2D eigenvalue weighted by Crippen LogP contribution is -2.25. The van der Waals surface area contributed by atoms with Gasteiger partial charge >= 0.3 is 0 Å². The number of thiophene rings is 1. The first-order valence-electron chi connectivity index (χ1n) is 6.62. The van der Waals surface area contributed by atoms with Crippen molar-refractivity contribution in [1.29, 1.82) is 0 Å². The number of rotatable bonds is 5. The van der Waals surface area contributed by atoms with Gasteiger partial charge in [0, 0.05) is 17.3 Å². The van der Waals surface area contributed by atoms with Crippen LogP contribution in [-0.4, -0.2) is 7.05 Å². The maximum absolute atomic E-state index is 6.06. The molecule has 3 nitrogen and oxygen atoms in total. The molecule has 1 fully saturated rings. The van der Waals surface area contributed by atoms with E-state index >= 15 is 0 Å². The van der Waals surface area contributed by atoms with Crippen molar-refractivity contribution in [3.05, 3.63) is 45.1 Å². The Bertz CT molecular complexity index is 587. The van der Waals surface area contributed by atoms with Crippen molar-refractivity contribution in [3.8, 4) is 5.75 Å². The second-order valence-corrected chi connectivity index (χ2v) is 6.53. The van der Waals surface area contributed by atoms with Gasteiger partial charge in [0.1, 0.15) is 12.4 Å². The predicted octanol–water partition coefficient (Wildman–Crippen LogP) is 4.17. The number of anilines is 1. The molecule has 0 bridgehead atoms. The molecule has 106 valence electrons. The summed E-state index contributed by atoms with van der Waals surface area (Å²) in [6, 6.07) is 8.11. The number of hydrogen-bond acceptors (Lipinski definition) is 4. The second-order valence-electron chi connectivity index (χ2n) is 5.10. The van der Waals surface area contributed by atoms with Crippen molar-refractivity contribution in [2.75, 3.05) is 12.1 Å². The van der Waals surface area contributed by atoms with Crippen LogP contribution in [0.25, 0.3) is 0 Å². The summed E-state index contributed by atoms with van der Waals surface area (Å²) in [6.07, 6.45) is 2.47. The third kappa shape index (κ3) is 2.92. The molecule has 1 heterocycles. The highest BCUT2D eigenvalue weighted by Crippen LogP contribution is 2.47. The zero-order chi connectivity index (χ0) is 14.1. The van der Waals surface area contributed by atoms with Crippen LogP contribution in [-0.2, 0) is 6.61 Å². The molecule has 0 aliphatic heterocycles. The van der Waals surface area contributed by atoms with E-state index in [0.29, 0.717) is 12.5 Å². The molecule has 3 rings (SSSR count). The maximum atomic E-state index is 6.06. The van der Waals surface area contributed by atoms with Gasteiger partial charge < -0.3 is 9.75 Å². The Balaban J connectivity index is 1.86. The van der Waals surface area contributed by atoms with Crippen molar-refractivity contribution in [1.82, 2.24) is 0 Å². The fourth-order valence-electron chi connectivity index (χ4n) is 2.27. The molecular weight excluding hydrogens is 292 g/mol. The Morgan fingerprint density at radius 3 is 2.85 bits per heavy atom. The average molecular weight is 309 g/mol. The van der Waals surface area contributed by atoms with Crippen molar-refractivity contribution >= 4 is 28.6 Å². The fourth-order valence-corrected chi connectivity index (χ4v) is 3.25. The Hall–Kier alpha value is -1.23. The van der Waals surface area contributed by atoms with Crippen LogP contribution in [0.4, 0.5) is 5.69 Å². The summed E-state index contributed by atoms with van der Waals surface area (Å²) >= 11 is 7.55. The molecule has 0 radical (unpaired) electrons. The smallest absolute Gasteiger partial charge is 0.147 e. The van der Waals surface area contributed by atoms with Crippen LogP contribution in [0.3, 0.4) is 0 Å². The normalized spacial score (nSPS) is 14.3. The molecule has 0 amide bonds. The van der Waals surface area contributed by atoms with Gasteiger partial charge in [-0.05, 0) is 36.5 Å². The van der Waals surface area contributed by atoms with E-state index in [4.69, 9.17) is 22.2 Å². The number of nitrogens with zero attached hydrogens (tertiary/aromatic N) is 1. The first-order chi connectivity index (χ1) is 9.65. The largest absolute Gasteiger partial charge is 0.486 e. The number of benzene rings is 1. The van der Waals surface area contributed by atoms with Crippen LogP contribution in [0.1, 0.15) is 29.2 Å². The number of para-hydroxylation sites is 1. The summed E-state index contributed by atoms with van der Waals surface area (Å²) < 4.78 is 6.06. The van der Waals surface area contributed by atoms with Gasteiger partial charge in [-0.15, -0.1) is 11.3 Å². The Labute approximate surface area is 127 Å². The third-order valence-electron chi connectivity index (χ3n) is 3.40. The van der Waals surface area contributed by atoms with E-state index in [9.17, 15) is 0 Å². The number of halogens is 1. The highest BCUT2D eigenvalue weighted by atomic mass is 35.5. The van der Waals surface area contributed by atoms with Gasteiger partial charge in [-0.25, -0.2) is 5.84 Å². The van der Waals surface area contributed by atoms with E-state index in [1.807, 2.05) is 30.6 Å². The van der Waals surface area contributed by atoms with Gasteiger partial charge in [-0.3, -0.25) is 0 Å². The predicted molar refractivity (Wildman–Crippen MR) is 84.7 cm³/mol. The van der Waals surface area contributed by atoms with Crippen LogP contribution < -0.4 is 15.6 Å². The summed E-state index contributed by atoms with van der Waals surface area (Å²) in [6.45, 7) is 0.530. The molecule has 0 atom stereocenters. The van der Waals surface area contributed by atoms with Crippen molar-refractivity contribution in [2.45, 2.75) is 25.4 Å². The van der Waals surface area contributed by atoms with Crippen LogP contribution >= 0.6 is 22.9 Å². The minimum Gasteiger partial charge on any atom is -0.486 e. The standard InChI is InChI=1S/C15H17ClN2OS/c1-18(17)14-4-2-3-13(10-5-6-10)15(14)19-8-12-7-11(16)9-20-12/h2-4,7,9-10H,5-6,8,17H2,1H3. The lowest BCUT2D eigenvalue weighted by Gasteiger charge is -2.20. The highest BCUT2D eigenvalue weighted by Gasteiger charge is 2.28. The molecule has 0 saturated heterocycles. The molecule has 1 aromatic carbocycles. The lowest BCUT2D eigenvalue weighted by molar-refractivity contribution is 0.307. The zero-order valence-corrected chi connectivity index (χ0v) is 12.9. The van der Waals surface area contributed by atoms with Crippen molar-refractivity contribution in [3.63, 3.8) is 0 Å². The fraction of sp³-hybridized carbons (Fsp3) is 0.333. The second kappa shape index (κ2) is 5.64. The number of ether oxygens (including phenoxy) is 1. The van der Waals surface area contributed by atoms with Crippen LogP contribution in [0.15, 0.2) is 29.6 Å². The quantitative estimate of drug-likeness (QED) is 0.665. The van der Waals surface area contributed by atoms with E-state index in [0.717, 1.165) is 21.3 Å². The van der Waals surface area contributed by atoms with Gasteiger partial charge in [0.05, 0.1) is 10.7 Å². The Morgan fingerprint density at radius 2 is 2.25 bits per heavy atom. The number of nitrogens with two attached hydrogens (primary N) is 1. The van der Waals surface area contributed by atoms with Crippen molar-refractivity contribution < 1.29 is 4.74 Å². The van der Waals surface area contributed by atoms with Gasteiger partial charge in [0.25, 0.3) is 0 Å². The first kappa shape index (κ1) is 13.7. The molecule has 1 saturated carbocycles. The molecule has 0 unspecified atom stereocenters. The lowest BCUT2D eigenvalue weighted by atomic mass is 10.1. The van der Waals surface area contributed by atoms with Crippen LogP contribution in [0.5, 0.6) is 5.75 Å². The summed E-state index contributed by atoms with van der Waals surface area (Å²) in [5.41, 5.74) is 2.19. The zero-order valence-electron chi connectivity index (χ0n) is 11.3. The Morgan fingerprint density at radius 1 is 1.45 bits per heavy atom. The van der Waals surface area contributed by atoms with E-state index < -0.39 is 0 Å². The molecule has 20 heavy (non-hydrogen) atoms.